The largest absolute Gasteiger partial charge is 0.390 e. The Balaban J connectivity index is 2.40. The molecule has 0 unspecified atom stereocenters. The maximum Gasteiger partial charge on any atom is 0.333 e. The van der Waals surface area contributed by atoms with Crippen molar-refractivity contribution in [2.75, 3.05) is 26.0 Å². The van der Waals surface area contributed by atoms with E-state index < -0.39 is 19.8 Å². The van der Waals surface area contributed by atoms with Gasteiger partial charge in [-0.25, -0.2) is 0 Å². The molecule has 0 fully saturated rings. The highest BCUT2D eigenvalue weighted by molar-refractivity contribution is 7.53. The van der Waals surface area contributed by atoms with Crippen LogP contribution in [0.15, 0.2) is 30.3 Å². The molecule has 0 aliphatic rings. The molecule has 22 heavy (non-hydrogen) atoms. The molecule has 126 valence electrons. The second-order valence-electron chi connectivity index (χ2n) is 4.76. The summed E-state index contributed by atoms with van der Waals surface area (Å²) in [7, 11) is -3.39. The number of hydrogen-bond acceptors (Lipinski definition) is 6. The molecule has 0 spiro atoms. The monoisotopic (exact) mass is 332 g/mol. The van der Waals surface area contributed by atoms with Crippen molar-refractivity contribution in [3.63, 3.8) is 0 Å². The van der Waals surface area contributed by atoms with Crippen LogP contribution < -0.4 is 0 Å². The van der Waals surface area contributed by atoms with E-state index in [1.54, 1.807) is 13.8 Å². The van der Waals surface area contributed by atoms with E-state index in [4.69, 9.17) is 13.8 Å². The maximum atomic E-state index is 12.3. The average Bonchev–Trinajstić information content (AvgIpc) is 2.48. The molecular weight excluding hydrogens is 307 g/mol. The lowest BCUT2D eigenvalue weighted by atomic mass is 10.2. The van der Waals surface area contributed by atoms with Gasteiger partial charge in [-0.3, -0.25) is 4.57 Å². The average molecular weight is 332 g/mol. The van der Waals surface area contributed by atoms with Crippen molar-refractivity contribution in [3.8, 4) is 0 Å². The van der Waals surface area contributed by atoms with Gasteiger partial charge in [-0.2, -0.15) is 0 Å². The molecule has 0 amide bonds. The standard InChI is InChI=1S/C15H25O6P/c1-3-20-22(18,21-4-2)12-15(17)14(16)11-19-10-13-8-6-5-7-9-13/h5-9,14-17H,3-4,10-12H2,1-2H3/t14-,15-/m0/s1. The van der Waals surface area contributed by atoms with E-state index in [-0.39, 0.29) is 26.0 Å². The summed E-state index contributed by atoms with van der Waals surface area (Å²) in [6.45, 7) is 4.08. The molecular formula is C15H25O6P. The molecule has 0 saturated heterocycles. The minimum Gasteiger partial charge on any atom is -0.390 e. The van der Waals surface area contributed by atoms with Crippen LogP contribution >= 0.6 is 7.60 Å². The molecule has 0 aromatic heterocycles. The van der Waals surface area contributed by atoms with Crippen molar-refractivity contribution in [3.05, 3.63) is 35.9 Å². The molecule has 1 aromatic rings. The fourth-order valence-corrected chi connectivity index (χ4v) is 3.64. The molecule has 1 aromatic carbocycles. The van der Waals surface area contributed by atoms with Gasteiger partial charge >= 0.3 is 7.60 Å². The lowest BCUT2D eigenvalue weighted by Crippen LogP contribution is -2.33. The summed E-state index contributed by atoms with van der Waals surface area (Å²) in [6, 6.07) is 9.50. The smallest absolute Gasteiger partial charge is 0.333 e. The lowest BCUT2D eigenvalue weighted by Gasteiger charge is -2.23. The third-order valence-corrected chi connectivity index (χ3v) is 5.03. The van der Waals surface area contributed by atoms with E-state index in [2.05, 4.69) is 0 Å². The summed E-state index contributed by atoms with van der Waals surface area (Å²) >= 11 is 0. The van der Waals surface area contributed by atoms with Gasteiger partial charge in [0.2, 0.25) is 0 Å². The number of aliphatic hydroxyl groups excluding tert-OH is 2. The van der Waals surface area contributed by atoms with Crippen molar-refractivity contribution in [1.82, 2.24) is 0 Å². The first kappa shape index (κ1) is 19.3. The Kier molecular flexibility index (Phi) is 8.86. The Morgan fingerprint density at radius 1 is 1.05 bits per heavy atom. The van der Waals surface area contributed by atoms with E-state index in [1.807, 2.05) is 30.3 Å². The van der Waals surface area contributed by atoms with Crippen molar-refractivity contribution in [2.45, 2.75) is 32.7 Å². The van der Waals surface area contributed by atoms with Gasteiger partial charge in [0.05, 0.1) is 38.7 Å². The van der Waals surface area contributed by atoms with E-state index in [0.29, 0.717) is 6.61 Å². The topological polar surface area (TPSA) is 85.2 Å². The summed E-state index contributed by atoms with van der Waals surface area (Å²) in [6.07, 6.45) is -2.65. The van der Waals surface area contributed by atoms with E-state index in [1.165, 1.54) is 0 Å². The van der Waals surface area contributed by atoms with Crippen molar-refractivity contribution in [1.29, 1.82) is 0 Å². The van der Waals surface area contributed by atoms with Crippen LogP contribution in [0.1, 0.15) is 19.4 Å². The number of ether oxygens (including phenoxy) is 1. The van der Waals surface area contributed by atoms with Crippen molar-refractivity contribution < 1.29 is 28.6 Å². The third kappa shape index (κ3) is 7.01. The van der Waals surface area contributed by atoms with Crippen molar-refractivity contribution >= 4 is 7.60 Å². The van der Waals surface area contributed by atoms with Crippen LogP contribution in [0, 0.1) is 0 Å². The zero-order valence-electron chi connectivity index (χ0n) is 13.1. The highest BCUT2D eigenvalue weighted by atomic mass is 31.2. The zero-order chi connectivity index (χ0) is 16.4. The van der Waals surface area contributed by atoms with Gasteiger partial charge in [-0.05, 0) is 19.4 Å². The fourth-order valence-electron chi connectivity index (χ4n) is 1.87. The third-order valence-electron chi connectivity index (χ3n) is 2.91. The quantitative estimate of drug-likeness (QED) is 0.604. The summed E-state index contributed by atoms with van der Waals surface area (Å²) < 4.78 is 27.8. The molecule has 0 bridgehead atoms. The highest BCUT2D eigenvalue weighted by Crippen LogP contribution is 2.48. The highest BCUT2D eigenvalue weighted by Gasteiger charge is 2.31. The predicted octanol–water partition coefficient (Wildman–Crippen LogP) is 2.19. The Labute approximate surface area is 131 Å². The molecule has 0 aliphatic carbocycles. The van der Waals surface area contributed by atoms with Crippen LogP contribution in [0.3, 0.4) is 0 Å². The van der Waals surface area contributed by atoms with Crippen LogP contribution in [0.5, 0.6) is 0 Å². The predicted molar refractivity (Wildman–Crippen MR) is 83.8 cm³/mol. The number of rotatable bonds is 11. The minimum atomic E-state index is -3.39. The van der Waals surface area contributed by atoms with Crippen LogP contribution in [0.4, 0.5) is 0 Å². The number of hydrogen-bond donors (Lipinski definition) is 2. The normalized spacial score (nSPS) is 14.7. The van der Waals surface area contributed by atoms with Crippen molar-refractivity contribution in [2.24, 2.45) is 0 Å². The van der Waals surface area contributed by atoms with Gasteiger partial charge in [0.25, 0.3) is 0 Å². The summed E-state index contributed by atoms with van der Waals surface area (Å²) in [5.74, 6) is 0. The number of aliphatic hydroxyl groups is 2. The molecule has 0 heterocycles. The Morgan fingerprint density at radius 3 is 2.18 bits per heavy atom. The minimum absolute atomic E-state index is 0.0612. The van der Waals surface area contributed by atoms with Gasteiger partial charge in [0, 0.05) is 0 Å². The molecule has 0 aliphatic heterocycles. The molecule has 0 radical (unpaired) electrons. The summed E-state index contributed by atoms with van der Waals surface area (Å²) in [5, 5.41) is 19.8. The van der Waals surface area contributed by atoms with Gasteiger partial charge in [0.15, 0.2) is 0 Å². The molecule has 0 saturated carbocycles. The van der Waals surface area contributed by atoms with Gasteiger partial charge in [-0.15, -0.1) is 0 Å². The molecule has 7 heteroatoms. The van der Waals surface area contributed by atoms with E-state index >= 15 is 0 Å². The first-order chi connectivity index (χ1) is 10.5. The molecule has 6 nitrogen and oxygen atoms in total. The van der Waals surface area contributed by atoms with Crippen LogP contribution in [0.25, 0.3) is 0 Å². The summed E-state index contributed by atoms with van der Waals surface area (Å²) in [4.78, 5) is 0. The van der Waals surface area contributed by atoms with Crippen LogP contribution in [-0.4, -0.2) is 48.4 Å². The maximum absolute atomic E-state index is 12.3. The lowest BCUT2D eigenvalue weighted by molar-refractivity contribution is -0.0356. The van der Waals surface area contributed by atoms with Crippen LogP contribution in [0.2, 0.25) is 0 Å². The Morgan fingerprint density at radius 2 is 1.64 bits per heavy atom. The second kappa shape index (κ2) is 10.1. The second-order valence-corrected chi connectivity index (χ2v) is 6.87. The zero-order valence-corrected chi connectivity index (χ0v) is 13.9. The SMILES string of the molecule is CCOP(=O)(C[C@H](O)[C@@H](O)COCc1ccccc1)OCC. The first-order valence-electron chi connectivity index (χ1n) is 7.36. The number of benzene rings is 1. The van der Waals surface area contributed by atoms with Gasteiger partial charge in [-0.1, -0.05) is 30.3 Å². The Hall–Kier alpha value is -0.750. The van der Waals surface area contributed by atoms with E-state index in [0.717, 1.165) is 5.56 Å². The molecule has 1 rings (SSSR count). The van der Waals surface area contributed by atoms with Gasteiger partial charge < -0.3 is 24.0 Å². The van der Waals surface area contributed by atoms with Gasteiger partial charge in [0.1, 0.15) is 6.10 Å². The molecule has 2 atom stereocenters. The Bertz CT molecular complexity index is 443. The first-order valence-corrected chi connectivity index (χ1v) is 9.09. The van der Waals surface area contributed by atoms with E-state index in [9.17, 15) is 14.8 Å². The molecule has 2 N–H and O–H groups in total. The summed E-state index contributed by atoms with van der Waals surface area (Å²) in [5.41, 5.74) is 0.971. The van der Waals surface area contributed by atoms with Crippen LogP contribution in [-0.2, 0) is 25.0 Å². The fraction of sp³-hybridized carbons (Fsp3) is 0.600.